The van der Waals surface area contributed by atoms with Gasteiger partial charge in [0.25, 0.3) is 0 Å². The van der Waals surface area contributed by atoms with Crippen molar-refractivity contribution < 1.29 is 4.79 Å². The molecule has 0 aromatic carbocycles. The lowest BCUT2D eigenvalue weighted by Gasteiger charge is -2.57. The third-order valence-electron chi connectivity index (χ3n) is 6.90. The minimum absolute atomic E-state index is 0.391. The van der Waals surface area contributed by atoms with Crippen molar-refractivity contribution in [2.24, 2.45) is 23.2 Å². The van der Waals surface area contributed by atoms with Crippen LogP contribution in [0.15, 0.2) is 0 Å². The van der Waals surface area contributed by atoms with E-state index < -0.39 is 0 Å². The maximum atomic E-state index is 12.8. The van der Waals surface area contributed by atoms with E-state index in [1.54, 1.807) is 0 Å². The van der Waals surface area contributed by atoms with Crippen LogP contribution in [0.2, 0.25) is 0 Å². The Morgan fingerprint density at radius 1 is 1.14 bits per heavy atom. The van der Waals surface area contributed by atoms with E-state index in [0.717, 1.165) is 37.3 Å². The molecule has 4 aliphatic carbocycles. The van der Waals surface area contributed by atoms with Crippen molar-refractivity contribution in [3.63, 3.8) is 0 Å². The van der Waals surface area contributed by atoms with Gasteiger partial charge in [-0.1, -0.05) is 0 Å². The highest BCUT2D eigenvalue weighted by Gasteiger charge is 2.51. The van der Waals surface area contributed by atoms with Crippen LogP contribution in [0.5, 0.6) is 0 Å². The van der Waals surface area contributed by atoms with E-state index in [2.05, 4.69) is 10.2 Å². The minimum Gasteiger partial charge on any atom is -0.341 e. The van der Waals surface area contributed by atoms with Crippen LogP contribution in [0, 0.1) is 23.2 Å². The van der Waals surface area contributed by atoms with Gasteiger partial charge in [0.2, 0.25) is 5.91 Å². The molecule has 1 saturated heterocycles. The number of piperidine rings is 1. The van der Waals surface area contributed by atoms with Crippen LogP contribution >= 0.6 is 0 Å². The molecule has 1 atom stereocenters. The summed E-state index contributed by atoms with van der Waals surface area (Å²) in [5, 5.41) is 3.44. The molecule has 5 fully saturated rings. The average Bonchev–Trinajstić information content (AvgIpc) is 2.45. The zero-order chi connectivity index (χ0) is 14.4. The molecule has 0 radical (unpaired) electrons. The molecule has 4 bridgehead atoms. The zero-order valence-electron chi connectivity index (χ0n) is 13.4. The Morgan fingerprint density at radius 3 is 2.29 bits per heavy atom. The van der Waals surface area contributed by atoms with Gasteiger partial charge < -0.3 is 10.2 Å². The molecule has 0 aromatic heterocycles. The first-order chi connectivity index (χ1) is 10.1. The average molecular weight is 290 g/mol. The molecule has 1 heterocycles. The molecular weight excluding hydrogens is 260 g/mol. The van der Waals surface area contributed by atoms with Gasteiger partial charge in [-0.3, -0.25) is 4.79 Å². The van der Waals surface area contributed by atoms with Crippen LogP contribution < -0.4 is 5.32 Å². The monoisotopic (exact) mass is 290 g/mol. The summed E-state index contributed by atoms with van der Waals surface area (Å²) in [6, 6.07) is 0.431. The summed E-state index contributed by atoms with van der Waals surface area (Å²) in [5.74, 6) is 3.27. The van der Waals surface area contributed by atoms with Gasteiger partial charge in [-0.05, 0) is 81.1 Å². The van der Waals surface area contributed by atoms with E-state index in [1.165, 1.54) is 51.4 Å². The van der Waals surface area contributed by atoms with Gasteiger partial charge in [0.15, 0.2) is 0 Å². The molecule has 3 heteroatoms. The zero-order valence-corrected chi connectivity index (χ0v) is 13.4. The van der Waals surface area contributed by atoms with Gasteiger partial charge in [0.1, 0.15) is 0 Å². The first-order valence-corrected chi connectivity index (χ1v) is 9.10. The van der Waals surface area contributed by atoms with Crippen molar-refractivity contribution >= 4 is 5.91 Å². The largest absolute Gasteiger partial charge is 0.341 e. The predicted octanol–water partition coefficient (Wildman–Crippen LogP) is 2.80. The maximum absolute atomic E-state index is 12.8. The topological polar surface area (TPSA) is 32.3 Å². The highest BCUT2D eigenvalue weighted by Crippen LogP contribution is 2.61. The normalized spacial score (nSPS) is 44.8. The molecule has 0 aromatic rings. The Balaban J connectivity index is 1.42. The highest BCUT2D eigenvalue weighted by atomic mass is 16.2. The lowest BCUT2D eigenvalue weighted by Crippen LogP contribution is -2.51. The molecule has 0 spiro atoms. The molecule has 21 heavy (non-hydrogen) atoms. The number of nitrogens with zero attached hydrogens (tertiary/aromatic N) is 1. The predicted molar refractivity (Wildman–Crippen MR) is 83.9 cm³/mol. The Hall–Kier alpha value is -0.570. The smallest absolute Gasteiger partial charge is 0.223 e. The molecule has 1 amide bonds. The van der Waals surface area contributed by atoms with E-state index in [9.17, 15) is 4.79 Å². The number of amides is 1. The van der Waals surface area contributed by atoms with Crippen molar-refractivity contribution in [2.75, 3.05) is 20.1 Å². The summed E-state index contributed by atoms with van der Waals surface area (Å²) in [7, 11) is 2.04. The fraction of sp³-hybridized carbons (Fsp3) is 0.944. The molecule has 1 unspecified atom stereocenters. The summed E-state index contributed by atoms with van der Waals surface area (Å²) in [4.78, 5) is 14.9. The van der Waals surface area contributed by atoms with Gasteiger partial charge in [-0.2, -0.15) is 0 Å². The summed E-state index contributed by atoms with van der Waals surface area (Å²) in [5.41, 5.74) is 0.391. The van der Waals surface area contributed by atoms with Crippen molar-refractivity contribution in [3.05, 3.63) is 0 Å². The number of carbonyl (C=O) groups excluding carboxylic acids is 1. The Bertz CT molecular complexity index is 378. The summed E-state index contributed by atoms with van der Waals surface area (Å²) >= 11 is 0. The van der Waals surface area contributed by atoms with Crippen LogP contribution in [-0.4, -0.2) is 37.0 Å². The van der Waals surface area contributed by atoms with Crippen molar-refractivity contribution in [3.8, 4) is 0 Å². The number of nitrogens with one attached hydrogen (secondary N) is 1. The first-order valence-electron chi connectivity index (χ1n) is 9.10. The summed E-state index contributed by atoms with van der Waals surface area (Å²) in [6.45, 7) is 2.11. The van der Waals surface area contributed by atoms with Gasteiger partial charge >= 0.3 is 0 Å². The van der Waals surface area contributed by atoms with Crippen molar-refractivity contribution in [2.45, 2.75) is 63.8 Å². The molecule has 5 rings (SSSR count). The molecular formula is C18H30N2O. The van der Waals surface area contributed by atoms with E-state index in [1.807, 2.05) is 7.05 Å². The quantitative estimate of drug-likeness (QED) is 0.867. The number of carbonyl (C=O) groups is 1. The van der Waals surface area contributed by atoms with E-state index >= 15 is 0 Å². The van der Waals surface area contributed by atoms with Crippen LogP contribution in [-0.2, 0) is 4.79 Å². The van der Waals surface area contributed by atoms with E-state index in [0.29, 0.717) is 17.4 Å². The molecule has 1 N–H and O–H groups in total. The third kappa shape index (κ3) is 2.62. The van der Waals surface area contributed by atoms with E-state index in [-0.39, 0.29) is 0 Å². The number of rotatable bonds is 3. The standard InChI is InChI=1S/C18H30N2O/c1-20(16-3-2-4-19-12-16)17(21)11-18-8-13-5-14(9-18)7-15(6-13)10-18/h13-16,19H,2-12H2,1H3. The Labute approximate surface area is 128 Å². The number of hydrogen-bond donors (Lipinski definition) is 1. The second-order valence-electron chi connectivity index (χ2n) is 8.60. The second kappa shape index (κ2) is 5.26. The summed E-state index contributed by atoms with van der Waals surface area (Å²) < 4.78 is 0. The van der Waals surface area contributed by atoms with Gasteiger partial charge in [0, 0.05) is 26.1 Å². The van der Waals surface area contributed by atoms with Crippen LogP contribution in [0.25, 0.3) is 0 Å². The van der Waals surface area contributed by atoms with Crippen LogP contribution in [0.4, 0.5) is 0 Å². The van der Waals surface area contributed by atoms with Gasteiger partial charge in [-0.15, -0.1) is 0 Å². The molecule has 1 aliphatic heterocycles. The van der Waals surface area contributed by atoms with Gasteiger partial charge in [-0.25, -0.2) is 0 Å². The Kier molecular flexibility index (Phi) is 3.52. The van der Waals surface area contributed by atoms with Crippen molar-refractivity contribution in [1.29, 1.82) is 0 Å². The molecule has 4 saturated carbocycles. The lowest BCUT2D eigenvalue weighted by molar-refractivity contribution is -0.140. The SMILES string of the molecule is CN(C(=O)CC12CC3CC(CC(C3)C1)C2)C1CCCNC1. The molecule has 3 nitrogen and oxygen atoms in total. The summed E-state index contributed by atoms with van der Waals surface area (Å²) in [6.07, 6.45) is 11.7. The molecule has 118 valence electrons. The first kappa shape index (κ1) is 14.0. The maximum Gasteiger partial charge on any atom is 0.223 e. The fourth-order valence-electron chi connectivity index (χ4n) is 6.32. The van der Waals surface area contributed by atoms with Gasteiger partial charge in [0.05, 0.1) is 0 Å². The number of hydrogen-bond acceptors (Lipinski definition) is 2. The second-order valence-corrected chi connectivity index (χ2v) is 8.60. The molecule has 5 aliphatic rings. The highest BCUT2D eigenvalue weighted by molar-refractivity contribution is 5.77. The van der Waals surface area contributed by atoms with Crippen LogP contribution in [0.1, 0.15) is 57.8 Å². The fourth-order valence-corrected chi connectivity index (χ4v) is 6.32. The lowest BCUT2D eigenvalue weighted by atomic mass is 9.49. The van der Waals surface area contributed by atoms with Crippen molar-refractivity contribution in [1.82, 2.24) is 10.2 Å². The van der Waals surface area contributed by atoms with Crippen LogP contribution in [0.3, 0.4) is 0 Å². The third-order valence-corrected chi connectivity index (χ3v) is 6.90. The van der Waals surface area contributed by atoms with E-state index in [4.69, 9.17) is 0 Å². The Morgan fingerprint density at radius 2 is 1.76 bits per heavy atom. The minimum atomic E-state index is 0.391. The number of likely N-dealkylation sites (N-methyl/N-ethyl adjacent to an activating group) is 1.